The van der Waals surface area contributed by atoms with Crippen molar-refractivity contribution in [2.45, 2.75) is 6.92 Å². The van der Waals surface area contributed by atoms with Crippen molar-refractivity contribution in [2.24, 2.45) is 0 Å². The molecule has 0 spiro atoms. The highest BCUT2D eigenvalue weighted by Crippen LogP contribution is 2.38. The number of aromatic nitrogens is 1. The summed E-state index contributed by atoms with van der Waals surface area (Å²) in [7, 11) is 3.37. The predicted octanol–water partition coefficient (Wildman–Crippen LogP) is 7.37. The Kier molecular flexibility index (Phi) is 5.49. The maximum atomic E-state index is 5.38. The lowest BCUT2D eigenvalue weighted by Gasteiger charge is -2.14. The van der Waals surface area contributed by atoms with Crippen molar-refractivity contribution in [3.05, 3.63) is 103 Å². The van der Waals surface area contributed by atoms with Gasteiger partial charge in [0, 0.05) is 16.8 Å². The standard InChI is InChI=1S/C29H26N2O2/c1-20-9-18-27-26(29(20)30-22-10-14-24(32-2)15-11-22)19-28(21-7-5-4-6-8-21)31(27)23-12-16-25(33-3)17-13-23/h4-19,30H,1-3H3. The highest BCUT2D eigenvalue weighted by molar-refractivity contribution is 6.00. The van der Waals surface area contributed by atoms with E-state index in [2.05, 4.69) is 71.4 Å². The molecule has 0 saturated carbocycles. The molecule has 0 aliphatic rings. The number of anilines is 2. The van der Waals surface area contributed by atoms with E-state index in [-0.39, 0.29) is 0 Å². The van der Waals surface area contributed by atoms with Crippen molar-refractivity contribution >= 4 is 22.3 Å². The number of aryl methyl sites for hydroxylation is 1. The molecule has 0 bridgehead atoms. The molecule has 1 N–H and O–H groups in total. The van der Waals surface area contributed by atoms with Gasteiger partial charge in [0.25, 0.3) is 0 Å². The first-order valence-electron chi connectivity index (χ1n) is 10.9. The summed E-state index contributed by atoms with van der Waals surface area (Å²) >= 11 is 0. The summed E-state index contributed by atoms with van der Waals surface area (Å²) in [5.41, 5.74) is 7.83. The molecule has 1 aromatic heterocycles. The fourth-order valence-electron chi connectivity index (χ4n) is 4.21. The van der Waals surface area contributed by atoms with Crippen molar-refractivity contribution in [1.82, 2.24) is 4.57 Å². The summed E-state index contributed by atoms with van der Waals surface area (Å²) in [5.74, 6) is 1.68. The molecule has 0 atom stereocenters. The van der Waals surface area contributed by atoms with Crippen LogP contribution in [0.5, 0.6) is 11.5 Å². The maximum Gasteiger partial charge on any atom is 0.119 e. The predicted molar refractivity (Wildman–Crippen MR) is 136 cm³/mol. The van der Waals surface area contributed by atoms with E-state index in [9.17, 15) is 0 Å². The summed E-state index contributed by atoms with van der Waals surface area (Å²) in [5, 5.41) is 4.81. The molecule has 0 amide bonds. The molecule has 4 aromatic carbocycles. The topological polar surface area (TPSA) is 35.4 Å². The number of rotatable bonds is 6. The van der Waals surface area contributed by atoms with Crippen molar-refractivity contribution < 1.29 is 9.47 Å². The number of benzene rings is 4. The van der Waals surface area contributed by atoms with Gasteiger partial charge in [-0.25, -0.2) is 0 Å². The van der Waals surface area contributed by atoms with Gasteiger partial charge in [-0.1, -0.05) is 36.4 Å². The minimum absolute atomic E-state index is 0.840. The number of nitrogens with one attached hydrogen (secondary N) is 1. The van der Waals surface area contributed by atoms with Crippen LogP contribution in [0.1, 0.15) is 5.56 Å². The smallest absolute Gasteiger partial charge is 0.119 e. The molecule has 0 aliphatic carbocycles. The number of hydrogen-bond acceptors (Lipinski definition) is 3. The quantitative estimate of drug-likeness (QED) is 0.303. The molecule has 164 valence electrons. The number of fused-ring (bicyclic) bond motifs is 1. The van der Waals surface area contributed by atoms with Crippen LogP contribution in [0.2, 0.25) is 0 Å². The van der Waals surface area contributed by atoms with E-state index in [0.29, 0.717) is 0 Å². The Morgan fingerprint density at radius 3 is 1.97 bits per heavy atom. The van der Waals surface area contributed by atoms with Crippen LogP contribution in [0.15, 0.2) is 97.1 Å². The number of ether oxygens (including phenoxy) is 2. The number of nitrogens with zero attached hydrogens (tertiary/aromatic N) is 1. The Bertz CT molecular complexity index is 1390. The van der Waals surface area contributed by atoms with Crippen LogP contribution in [0, 0.1) is 6.92 Å². The molecule has 5 aromatic rings. The molecule has 4 nitrogen and oxygen atoms in total. The van der Waals surface area contributed by atoms with Crippen LogP contribution in [0.3, 0.4) is 0 Å². The lowest BCUT2D eigenvalue weighted by Crippen LogP contribution is -1.98. The zero-order valence-electron chi connectivity index (χ0n) is 19.0. The third-order valence-electron chi connectivity index (χ3n) is 5.95. The van der Waals surface area contributed by atoms with Crippen molar-refractivity contribution in [2.75, 3.05) is 19.5 Å². The van der Waals surface area contributed by atoms with Crippen molar-refractivity contribution in [3.63, 3.8) is 0 Å². The lowest BCUT2D eigenvalue weighted by atomic mass is 10.1. The van der Waals surface area contributed by atoms with E-state index in [1.165, 1.54) is 10.9 Å². The molecule has 0 radical (unpaired) electrons. The van der Waals surface area contributed by atoms with Crippen LogP contribution >= 0.6 is 0 Å². The Labute approximate surface area is 194 Å². The van der Waals surface area contributed by atoms with E-state index >= 15 is 0 Å². The van der Waals surface area contributed by atoms with E-state index in [4.69, 9.17) is 9.47 Å². The van der Waals surface area contributed by atoms with Crippen molar-refractivity contribution in [3.8, 4) is 28.4 Å². The molecule has 1 heterocycles. The minimum Gasteiger partial charge on any atom is -0.497 e. The second-order valence-corrected chi connectivity index (χ2v) is 7.97. The summed E-state index contributed by atoms with van der Waals surface area (Å²) < 4.78 is 13.0. The fraction of sp³-hybridized carbons (Fsp3) is 0.103. The van der Waals surface area contributed by atoms with Gasteiger partial charge < -0.3 is 19.4 Å². The fourth-order valence-corrected chi connectivity index (χ4v) is 4.21. The summed E-state index contributed by atoms with van der Waals surface area (Å²) in [6.45, 7) is 2.14. The Balaban J connectivity index is 1.71. The average Bonchev–Trinajstić information content (AvgIpc) is 3.26. The van der Waals surface area contributed by atoms with Gasteiger partial charge in [0.15, 0.2) is 0 Å². The minimum atomic E-state index is 0.840. The van der Waals surface area contributed by atoms with Gasteiger partial charge in [-0.15, -0.1) is 0 Å². The van der Waals surface area contributed by atoms with Gasteiger partial charge in [-0.3, -0.25) is 0 Å². The molecule has 4 heteroatoms. The lowest BCUT2D eigenvalue weighted by molar-refractivity contribution is 0.414. The summed E-state index contributed by atoms with van der Waals surface area (Å²) in [6.07, 6.45) is 0. The van der Waals surface area contributed by atoms with Gasteiger partial charge in [-0.05, 0) is 78.7 Å². The molecule has 0 unspecified atom stereocenters. The van der Waals surface area contributed by atoms with E-state index < -0.39 is 0 Å². The van der Waals surface area contributed by atoms with Crippen LogP contribution in [-0.2, 0) is 0 Å². The largest absolute Gasteiger partial charge is 0.497 e. The Morgan fingerprint density at radius 2 is 1.33 bits per heavy atom. The Morgan fingerprint density at radius 1 is 0.697 bits per heavy atom. The van der Waals surface area contributed by atoms with Crippen LogP contribution in [0.25, 0.3) is 27.8 Å². The second kappa shape index (κ2) is 8.75. The molecule has 5 rings (SSSR count). The maximum absolute atomic E-state index is 5.38. The normalized spacial score (nSPS) is 10.9. The second-order valence-electron chi connectivity index (χ2n) is 7.97. The van der Waals surface area contributed by atoms with E-state index in [0.717, 1.165) is 45.3 Å². The third kappa shape index (κ3) is 3.92. The highest BCUT2D eigenvalue weighted by Gasteiger charge is 2.16. The summed E-state index contributed by atoms with van der Waals surface area (Å²) in [4.78, 5) is 0. The molecule has 33 heavy (non-hydrogen) atoms. The monoisotopic (exact) mass is 434 g/mol. The zero-order valence-corrected chi connectivity index (χ0v) is 19.0. The van der Waals surface area contributed by atoms with Crippen molar-refractivity contribution in [1.29, 1.82) is 0 Å². The highest BCUT2D eigenvalue weighted by atomic mass is 16.5. The zero-order chi connectivity index (χ0) is 22.8. The number of hydrogen-bond donors (Lipinski definition) is 1. The van der Waals surface area contributed by atoms with Gasteiger partial charge >= 0.3 is 0 Å². The SMILES string of the molecule is COc1ccc(Nc2c(C)ccc3c2cc(-c2ccccc2)n3-c2ccc(OC)cc2)cc1. The van der Waals surface area contributed by atoms with Crippen LogP contribution in [-0.4, -0.2) is 18.8 Å². The van der Waals surface area contributed by atoms with E-state index in [1.54, 1.807) is 14.2 Å². The van der Waals surface area contributed by atoms with Gasteiger partial charge in [-0.2, -0.15) is 0 Å². The first kappa shape index (κ1) is 20.7. The average molecular weight is 435 g/mol. The molecular formula is C29H26N2O2. The van der Waals surface area contributed by atoms with Gasteiger partial charge in [0.05, 0.1) is 31.1 Å². The first-order valence-corrected chi connectivity index (χ1v) is 10.9. The third-order valence-corrected chi connectivity index (χ3v) is 5.95. The molecule has 0 fully saturated rings. The van der Waals surface area contributed by atoms with Gasteiger partial charge in [0.2, 0.25) is 0 Å². The molecule has 0 saturated heterocycles. The number of methoxy groups -OCH3 is 2. The van der Waals surface area contributed by atoms with Crippen LogP contribution < -0.4 is 14.8 Å². The Hall–Kier alpha value is -4.18. The van der Waals surface area contributed by atoms with Gasteiger partial charge in [0.1, 0.15) is 11.5 Å². The van der Waals surface area contributed by atoms with Crippen LogP contribution in [0.4, 0.5) is 11.4 Å². The summed E-state index contributed by atoms with van der Waals surface area (Å²) in [6, 6.07) is 33.3. The molecule has 0 aliphatic heterocycles. The molecular weight excluding hydrogens is 408 g/mol. The first-order chi connectivity index (χ1) is 16.2. The van der Waals surface area contributed by atoms with E-state index in [1.807, 2.05) is 42.5 Å².